The number of hydrogen-bond donors (Lipinski definition) is 0. The van der Waals surface area contributed by atoms with Crippen molar-refractivity contribution >= 4 is 71.2 Å². The second kappa shape index (κ2) is 13.9. The van der Waals surface area contributed by atoms with Gasteiger partial charge in [0.15, 0.2) is 0 Å². The summed E-state index contributed by atoms with van der Waals surface area (Å²) < 4.78 is 2.45. The Morgan fingerprint density at radius 1 is 0.283 bits per heavy atom. The summed E-state index contributed by atoms with van der Waals surface area (Å²) in [6.45, 7) is 0. The largest absolute Gasteiger partial charge is 0.310 e. The van der Waals surface area contributed by atoms with Crippen LogP contribution in [0.1, 0.15) is 0 Å². The molecule has 0 radical (unpaired) electrons. The molecule has 0 aliphatic rings. The van der Waals surface area contributed by atoms with Crippen LogP contribution >= 0.6 is 0 Å². The van der Waals surface area contributed by atoms with Crippen LogP contribution in [0.15, 0.2) is 231 Å². The van der Waals surface area contributed by atoms with Crippen LogP contribution in [0.3, 0.4) is 0 Å². The molecule has 0 fully saturated rings. The Kier molecular flexibility index (Phi) is 7.89. The molecule has 0 saturated carbocycles. The summed E-state index contributed by atoms with van der Waals surface area (Å²) in [6, 6.07) is 84.2. The van der Waals surface area contributed by atoms with E-state index in [4.69, 9.17) is 0 Å². The highest BCUT2D eigenvalue weighted by Gasteiger charge is 2.21. The first kappa shape index (κ1) is 34.1. The van der Waals surface area contributed by atoms with Crippen LogP contribution in [-0.2, 0) is 0 Å². The van der Waals surface area contributed by atoms with Gasteiger partial charge in [0.05, 0.1) is 22.4 Å². The Morgan fingerprint density at radius 3 is 1.42 bits per heavy atom. The molecule has 0 atom stereocenters. The van der Waals surface area contributed by atoms with Crippen molar-refractivity contribution in [1.29, 1.82) is 0 Å². The molecular formula is C58H38N2. The summed E-state index contributed by atoms with van der Waals surface area (Å²) in [6.07, 6.45) is 0. The lowest BCUT2D eigenvalue weighted by molar-refractivity contribution is 1.20. The number of aromatic nitrogens is 1. The SMILES string of the molecule is c1ccc(-c2cccc(-c3ccc(N(c4cccc(-c5ccccc5)c4)c4ccc5ccc6c(-n7c8ccccc8c8ccccc87)ccc7ccc4c5c76)cc3)c2)cc1. The summed E-state index contributed by atoms with van der Waals surface area (Å²) in [5.74, 6) is 0. The summed E-state index contributed by atoms with van der Waals surface area (Å²) in [5, 5.41) is 10.0. The van der Waals surface area contributed by atoms with E-state index in [9.17, 15) is 0 Å². The van der Waals surface area contributed by atoms with Crippen molar-refractivity contribution in [2.75, 3.05) is 4.90 Å². The number of para-hydroxylation sites is 2. The highest BCUT2D eigenvalue weighted by atomic mass is 15.1. The Morgan fingerprint density at radius 2 is 0.767 bits per heavy atom. The van der Waals surface area contributed by atoms with E-state index in [0.29, 0.717) is 0 Å². The normalized spacial score (nSPS) is 11.7. The molecule has 0 N–H and O–H groups in total. The van der Waals surface area contributed by atoms with Crippen molar-refractivity contribution in [2.24, 2.45) is 0 Å². The van der Waals surface area contributed by atoms with Crippen LogP contribution in [0.5, 0.6) is 0 Å². The maximum absolute atomic E-state index is 2.45. The van der Waals surface area contributed by atoms with Crippen LogP contribution in [-0.4, -0.2) is 4.57 Å². The van der Waals surface area contributed by atoms with Crippen molar-refractivity contribution in [3.63, 3.8) is 0 Å². The van der Waals surface area contributed by atoms with Crippen LogP contribution in [0, 0.1) is 0 Å². The Balaban J connectivity index is 1.06. The van der Waals surface area contributed by atoms with Crippen molar-refractivity contribution in [3.05, 3.63) is 231 Å². The minimum Gasteiger partial charge on any atom is -0.310 e. The zero-order valence-electron chi connectivity index (χ0n) is 32.8. The van der Waals surface area contributed by atoms with Gasteiger partial charge in [-0.15, -0.1) is 0 Å². The van der Waals surface area contributed by atoms with Gasteiger partial charge in [0, 0.05) is 32.9 Å². The Bertz CT molecular complexity index is 3470. The van der Waals surface area contributed by atoms with Crippen LogP contribution in [0.2, 0.25) is 0 Å². The van der Waals surface area contributed by atoms with E-state index in [1.54, 1.807) is 0 Å². The number of benzene rings is 11. The van der Waals surface area contributed by atoms with E-state index in [-0.39, 0.29) is 0 Å². The fourth-order valence-electron chi connectivity index (χ4n) is 9.54. The Hall–Kier alpha value is -7.94. The molecule has 0 amide bonds. The van der Waals surface area contributed by atoms with Gasteiger partial charge in [-0.3, -0.25) is 0 Å². The van der Waals surface area contributed by atoms with Gasteiger partial charge in [0.2, 0.25) is 0 Å². The highest BCUT2D eigenvalue weighted by Crippen LogP contribution is 2.46. The zero-order chi connectivity index (χ0) is 39.6. The summed E-state index contributed by atoms with van der Waals surface area (Å²) in [7, 11) is 0. The van der Waals surface area contributed by atoms with Crippen LogP contribution in [0.25, 0.3) is 93.2 Å². The summed E-state index contributed by atoms with van der Waals surface area (Å²) in [5.41, 5.74) is 14.2. The second-order valence-electron chi connectivity index (χ2n) is 15.7. The van der Waals surface area contributed by atoms with Crippen molar-refractivity contribution < 1.29 is 0 Å². The second-order valence-corrected chi connectivity index (χ2v) is 15.7. The third kappa shape index (κ3) is 5.50. The maximum Gasteiger partial charge on any atom is 0.0541 e. The topological polar surface area (TPSA) is 8.17 Å². The average molecular weight is 763 g/mol. The van der Waals surface area contributed by atoms with E-state index in [0.717, 1.165) is 17.1 Å². The van der Waals surface area contributed by atoms with Crippen molar-refractivity contribution in [3.8, 4) is 39.1 Å². The molecule has 12 aromatic rings. The number of fused-ring (bicyclic) bond motifs is 3. The fraction of sp³-hybridized carbons (Fsp3) is 0. The molecule has 280 valence electrons. The van der Waals surface area contributed by atoms with Crippen LogP contribution in [0.4, 0.5) is 17.1 Å². The lowest BCUT2D eigenvalue weighted by Crippen LogP contribution is -2.11. The highest BCUT2D eigenvalue weighted by molar-refractivity contribution is 6.27. The van der Waals surface area contributed by atoms with Crippen molar-refractivity contribution in [1.82, 2.24) is 4.57 Å². The van der Waals surface area contributed by atoms with Gasteiger partial charge in [-0.25, -0.2) is 0 Å². The van der Waals surface area contributed by atoms with Gasteiger partial charge in [0.1, 0.15) is 0 Å². The predicted octanol–water partition coefficient (Wildman–Crippen LogP) is 16.2. The molecule has 0 aliphatic carbocycles. The maximum atomic E-state index is 2.45. The van der Waals surface area contributed by atoms with Gasteiger partial charge < -0.3 is 9.47 Å². The third-order valence-corrected chi connectivity index (χ3v) is 12.3. The molecule has 1 heterocycles. The molecule has 0 unspecified atom stereocenters. The number of hydrogen-bond acceptors (Lipinski definition) is 1. The summed E-state index contributed by atoms with van der Waals surface area (Å²) in [4.78, 5) is 2.44. The van der Waals surface area contributed by atoms with Gasteiger partial charge in [-0.2, -0.15) is 0 Å². The number of nitrogens with zero attached hydrogens (tertiary/aromatic N) is 2. The first-order valence-electron chi connectivity index (χ1n) is 20.7. The van der Waals surface area contributed by atoms with Gasteiger partial charge in [-0.1, -0.05) is 176 Å². The van der Waals surface area contributed by atoms with E-state index >= 15 is 0 Å². The van der Waals surface area contributed by atoms with E-state index in [1.165, 1.54) is 93.2 Å². The minimum atomic E-state index is 1.10. The predicted molar refractivity (Wildman–Crippen MR) is 255 cm³/mol. The van der Waals surface area contributed by atoms with Crippen molar-refractivity contribution in [2.45, 2.75) is 0 Å². The molecular weight excluding hydrogens is 725 g/mol. The van der Waals surface area contributed by atoms with E-state index in [2.05, 4.69) is 240 Å². The lowest BCUT2D eigenvalue weighted by Gasteiger charge is -2.28. The molecule has 0 saturated heterocycles. The first-order valence-corrected chi connectivity index (χ1v) is 20.7. The molecule has 0 aliphatic heterocycles. The quantitative estimate of drug-likeness (QED) is 0.147. The molecule has 0 spiro atoms. The van der Waals surface area contributed by atoms with E-state index < -0.39 is 0 Å². The average Bonchev–Trinajstić information content (AvgIpc) is 3.66. The monoisotopic (exact) mass is 762 g/mol. The molecule has 1 aromatic heterocycles. The van der Waals surface area contributed by atoms with Gasteiger partial charge in [0.25, 0.3) is 0 Å². The molecule has 2 nitrogen and oxygen atoms in total. The lowest BCUT2D eigenvalue weighted by atomic mass is 9.92. The number of rotatable bonds is 7. The Labute approximate surface area is 348 Å². The molecule has 2 heteroatoms. The molecule has 0 bridgehead atoms. The molecule has 11 aromatic carbocycles. The minimum absolute atomic E-state index is 1.10. The fourth-order valence-corrected chi connectivity index (χ4v) is 9.54. The van der Waals surface area contributed by atoms with Gasteiger partial charge >= 0.3 is 0 Å². The first-order chi connectivity index (χ1) is 29.8. The standard InChI is InChI=1S/C58H38N2/c1-3-13-39(14-4-1)44-17-11-18-45(37-44)41-25-31-47(32-26-41)59(48-20-12-19-46(38-48)40-15-5-2-6-16-40)55-35-29-42-28-34-52-56(36-30-43-27-33-51(55)57(42)58(43)52)60-53-23-9-7-21-49(53)50-22-8-10-24-54(50)60/h1-38H. The molecule has 12 rings (SSSR count). The van der Waals surface area contributed by atoms with E-state index in [1.807, 2.05) is 0 Å². The summed E-state index contributed by atoms with van der Waals surface area (Å²) >= 11 is 0. The molecule has 60 heavy (non-hydrogen) atoms. The number of anilines is 3. The smallest absolute Gasteiger partial charge is 0.0541 e. The van der Waals surface area contributed by atoms with Gasteiger partial charge in [-0.05, 0) is 110 Å². The third-order valence-electron chi connectivity index (χ3n) is 12.3. The zero-order valence-corrected chi connectivity index (χ0v) is 32.8. The van der Waals surface area contributed by atoms with Crippen LogP contribution < -0.4 is 4.90 Å².